The first-order valence-corrected chi connectivity index (χ1v) is 13.6. The van der Waals surface area contributed by atoms with Crippen molar-refractivity contribution in [3.63, 3.8) is 0 Å². The van der Waals surface area contributed by atoms with Gasteiger partial charge in [0.25, 0.3) is 0 Å². The molecular weight excluding hydrogens is 482 g/mol. The number of unbranched alkanes of at least 4 members (excludes halogenated alkanes) is 1. The molecule has 3 aromatic heterocycles. The molecule has 9 heteroatoms. The van der Waals surface area contributed by atoms with Gasteiger partial charge in [-0.05, 0) is 67.9 Å². The van der Waals surface area contributed by atoms with E-state index < -0.39 is 6.09 Å². The average Bonchev–Trinajstić information content (AvgIpc) is 3.74. The Morgan fingerprint density at radius 2 is 1.89 bits per heavy atom. The Balaban J connectivity index is 1.40. The lowest BCUT2D eigenvalue weighted by molar-refractivity contribution is 0.0829. The van der Waals surface area contributed by atoms with Gasteiger partial charge in [0.15, 0.2) is 0 Å². The van der Waals surface area contributed by atoms with E-state index >= 15 is 0 Å². The van der Waals surface area contributed by atoms with Gasteiger partial charge in [0.2, 0.25) is 0 Å². The number of hydrogen-bond donors (Lipinski definition) is 2. The lowest BCUT2D eigenvalue weighted by Gasteiger charge is -2.38. The average molecular weight is 516 g/mol. The van der Waals surface area contributed by atoms with Crippen molar-refractivity contribution in [1.29, 1.82) is 0 Å². The molecular formula is C29H33N5O4. The molecule has 2 aliphatic rings. The van der Waals surface area contributed by atoms with Gasteiger partial charge in [-0.3, -0.25) is 19.1 Å². The molecule has 1 saturated carbocycles. The number of piperidine rings is 1. The van der Waals surface area contributed by atoms with E-state index in [2.05, 4.69) is 11.1 Å². The van der Waals surface area contributed by atoms with Gasteiger partial charge >= 0.3 is 11.8 Å². The van der Waals surface area contributed by atoms with Gasteiger partial charge in [-0.2, -0.15) is 0 Å². The molecule has 4 heterocycles. The maximum atomic E-state index is 14.0. The summed E-state index contributed by atoms with van der Waals surface area (Å²) in [5, 5.41) is 21.3. The minimum Gasteiger partial charge on any atom is -0.465 e. The number of rotatable bonds is 8. The number of carbonyl (C=O) groups is 1. The highest BCUT2D eigenvalue weighted by atomic mass is 16.4. The second-order valence-electron chi connectivity index (χ2n) is 10.6. The van der Waals surface area contributed by atoms with Crippen LogP contribution in [-0.2, 0) is 13.0 Å². The number of pyridine rings is 2. The van der Waals surface area contributed by atoms with Gasteiger partial charge in [0, 0.05) is 43.0 Å². The SMILES string of the molecule is O=C(O)N1CCC(n2c(=O)n(Cc3ncc4ccccc4c3CCCCO)c3cnccc32)CC1C1CC1. The van der Waals surface area contributed by atoms with Gasteiger partial charge in [-0.1, -0.05) is 24.3 Å². The van der Waals surface area contributed by atoms with Crippen LogP contribution in [0.15, 0.2) is 53.7 Å². The number of benzene rings is 1. The van der Waals surface area contributed by atoms with Gasteiger partial charge < -0.3 is 15.1 Å². The van der Waals surface area contributed by atoms with Crippen molar-refractivity contribution in [1.82, 2.24) is 24.0 Å². The van der Waals surface area contributed by atoms with Gasteiger partial charge in [0.1, 0.15) is 0 Å². The maximum Gasteiger partial charge on any atom is 0.407 e. The normalized spacial score (nSPS) is 19.9. The molecule has 0 spiro atoms. The molecule has 2 atom stereocenters. The van der Waals surface area contributed by atoms with E-state index in [1.54, 1.807) is 21.9 Å². The number of amides is 1. The fraction of sp³-hybridized carbons (Fsp3) is 0.448. The minimum atomic E-state index is -0.865. The van der Waals surface area contributed by atoms with E-state index in [1.165, 1.54) is 0 Å². The molecule has 2 fully saturated rings. The second-order valence-corrected chi connectivity index (χ2v) is 10.6. The number of aromatic nitrogens is 4. The number of imidazole rings is 1. The fourth-order valence-corrected chi connectivity index (χ4v) is 6.25. The molecule has 1 aromatic carbocycles. The van der Waals surface area contributed by atoms with E-state index in [0.717, 1.165) is 58.7 Å². The molecule has 1 amide bonds. The Morgan fingerprint density at radius 3 is 2.68 bits per heavy atom. The summed E-state index contributed by atoms with van der Waals surface area (Å²) in [4.78, 5) is 36.6. The molecule has 4 aromatic rings. The van der Waals surface area contributed by atoms with Crippen LogP contribution in [0.1, 0.15) is 55.8 Å². The highest BCUT2D eigenvalue weighted by Crippen LogP contribution is 2.42. The van der Waals surface area contributed by atoms with Crippen molar-refractivity contribution >= 4 is 27.9 Å². The summed E-state index contributed by atoms with van der Waals surface area (Å²) < 4.78 is 3.64. The molecule has 198 valence electrons. The zero-order valence-corrected chi connectivity index (χ0v) is 21.4. The monoisotopic (exact) mass is 515 g/mol. The Bertz CT molecular complexity index is 1540. The number of aryl methyl sites for hydroxylation is 1. The lowest BCUT2D eigenvalue weighted by Crippen LogP contribution is -2.48. The molecule has 1 aliphatic heterocycles. The first kappa shape index (κ1) is 24.6. The zero-order chi connectivity index (χ0) is 26.2. The predicted molar refractivity (Wildman–Crippen MR) is 144 cm³/mol. The molecule has 2 N–H and O–H groups in total. The first-order valence-electron chi connectivity index (χ1n) is 13.6. The third-order valence-corrected chi connectivity index (χ3v) is 8.30. The summed E-state index contributed by atoms with van der Waals surface area (Å²) in [6.45, 7) is 0.911. The molecule has 38 heavy (non-hydrogen) atoms. The van der Waals surface area contributed by atoms with Crippen LogP contribution in [0, 0.1) is 5.92 Å². The van der Waals surface area contributed by atoms with E-state index in [1.807, 2.05) is 35.0 Å². The molecule has 6 rings (SSSR count). The molecule has 2 unspecified atom stereocenters. The van der Waals surface area contributed by atoms with Gasteiger partial charge in [0.05, 0.1) is 29.5 Å². The fourth-order valence-electron chi connectivity index (χ4n) is 6.25. The zero-order valence-electron chi connectivity index (χ0n) is 21.4. The van der Waals surface area contributed by atoms with Crippen molar-refractivity contribution in [3.05, 3.63) is 70.7 Å². The second kappa shape index (κ2) is 10.2. The van der Waals surface area contributed by atoms with Crippen molar-refractivity contribution in [2.24, 2.45) is 5.92 Å². The molecule has 1 saturated heterocycles. The first-order chi connectivity index (χ1) is 18.6. The summed E-state index contributed by atoms with van der Waals surface area (Å²) in [5.74, 6) is 0.392. The number of nitrogens with zero attached hydrogens (tertiary/aromatic N) is 5. The van der Waals surface area contributed by atoms with Crippen molar-refractivity contribution in [2.45, 2.75) is 63.6 Å². The van der Waals surface area contributed by atoms with Crippen molar-refractivity contribution in [2.75, 3.05) is 13.2 Å². The van der Waals surface area contributed by atoms with Crippen LogP contribution in [0.25, 0.3) is 21.8 Å². The number of likely N-dealkylation sites (tertiary alicyclic amines) is 1. The number of hydrogen-bond acceptors (Lipinski definition) is 5. The highest BCUT2D eigenvalue weighted by molar-refractivity contribution is 5.85. The largest absolute Gasteiger partial charge is 0.465 e. The van der Waals surface area contributed by atoms with Crippen LogP contribution in [0.3, 0.4) is 0 Å². The Hall–Kier alpha value is -3.72. The van der Waals surface area contributed by atoms with Crippen LogP contribution in [-0.4, -0.2) is 59.5 Å². The van der Waals surface area contributed by atoms with E-state index in [4.69, 9.17) is 4.98 Å². The van der Waals surface area contributed by atoms with E-state index in [-0.39, 0.29) is 24.4 Å². The summed E-state index contributed by atoms with van der Waals surface area (Å²) in [5.41, 5.74) is 3.45. The topological polar surface area (TPSA) is 113 Å². The Kier molecular flexibility index (Phi) is 6.61. The smallest absolute Gasteiger partial charge is 0.407 e. The molecule has 1 aliphatic carbocycles. The third kappa shape index (κ3) is 4.45. The van der Waals surface area contributed by atoms with Crippen LogP contribution < -0.4 is 5.69 Å². The van der Waals surface area contributed by atoms with Crippen molar-refractivity contribution in [3.8, 4) is 0 Å². The number of aliphatic hydroxyl groups excluding tert-OH is 1. The van der Waals surface area contributed by atoms with Gasteiger partial charge in [-0.25, -0.2) is 9.59 Å². The summed E-state index contributed by atoms with van der Waals surface area (Å²) in [6, 6.07) is 9.93. The number of aliphatic hydroxyl groups is 1. The van der Waals surface area contributed by atoms with Gasteiger partial charge in [-0.15, -0.1) is 0 Å². The number of fused-ring (bicyclic) bond motifs is 2. The lowest BCUT2D eigenvalue weighted by atomic mass is 9.94. The standard InChI is InChI=1S/C29H33N5O4/c35-14-4-3-7-23-22-6-2-1-5-20(22)16-31-24(23)18-33-27-17-30-12-10-25(27)34(28(33)36)21-11-13-32(29(37)38)26(15-21)19-8-9-19/h1-2,5-6,10,12,16-17,19,21,26,35H,3-4,7-9,11,13-15,18H2,(H,37,38). The Labute approximate surface area is 220 Å². The third-order valence-electron chi connectivity index (χ3n) is 8.30. The molecule has 9 nitrogen and oxygen atoms in total. The summed E-state index contributed by atoms with van der Waals surface area (Å²) >= 11 is 0. The quantitative estimate of drug-likeness (QED) is 0.340. The van der Waals surface area contributed by atoms with Crippen LogP contribution in [0.5, 0.6) is 0 Å². The van der Waals surface area contributed by atoms with Crippen molar-refractivity contribution < 1.29 is 15.0 Å². The van der Waals surface area contributed by atoms with Crippen LogP contribution >= 0.6 is 0 Å². The number of carboxylic acid groups (broad SMARTS) is 1. The molecule has 0 bridgehead atoms. The maximum absolute atomic E-state index is 14.0. The van der Waals surface area contributed by atoms with Crippen LogP contribution in [0.2, 0.25) is 0 Å². The van der Waals surface area contributed by atoms with E-state index in [9.17, 15) is 19.8 Å². The predicted octanol–water partition coefficient (Wildman–Crippen LogP) is 4.20. The van der Waals surface area contributed by atoms with Crippen LogP contribution in [0.4, 0.5) is 4.79 Å². The highest BCUT2D eigenvalue weighted by Gasteiger charge is 2.42. The minimum absolute atomic E-state index is 0.0429. The van der Waals surface area contributed by atoms with E-state index in [0.29, 0.717) is 38.3 Å². The Morgan fingerprint density at radius 1 is 1.05 bits per heavy atom. The summed E-state index contributed by atoms with van der Waals surface area (Å²) in [7, 11) is 0. The molecule has 0 radical (unpaired) electrons. The summed E-state index contributed by atoms with van der Waals surface area (Å²) in [6.07, 6.45) is 10.1.